The summed E-state index contributed by atoms with van der Waals surface area (Å²) in [6.45, 7) is 0.557. The summed E-state index contributed by atoms with van der Waals surface area (Å²) in [5.41, 5.74) is 5.87. The van der Waals surface area contributed by atoms with Crippen LogP contribution in [-0.2, 0) is 4.79 Å². The van der Waals surface area contributed by atoms with Gasteiger partial charge in [-0.1, -0.05) is 25.7 Å². The quantitative estimate of drug-likeness (QED) is 0.824. The zero-order valence-electron chi connectivity index (χ0n) is 11.8. The molecule has 3 nitrogen and oxygen atoms in total. The van der Waals surface area contributed by atoms with Crippen LogP contribution in [0.15, 0.2) is 0 Å². The van der Waals surface area contributed by atoms with Gasteiger partial charge in [-0.15, -0.1) is 0 Å². The molecular weight excluding hydrogens is 238 g/mol. The van der Waals surface area contributed by atoms with E-state index in [0.29, 0.717) is 6.54 Å². The lowest BCUT2D eigenvalue weighted by Crippen LogP contribution is -2.31. The van der Waals surface area contributed by atoms with Crippen LogP contribution in [0.2, 0.25) is 0 Å². The number of aliphatic carboxylic acids is 1. The summed E-state index contributed by atoms with van der Waals surface area (Å²) in [6, 6.07) is 0. The Balaban J connectivity index is 1.71. The molecule has 3 aliphatic rings. The molecule has 3 aliphatic carbocycles. The van der Waals surface area contributed by atoms with Crippen LogP contribution in [0.4, 0.5) is 0 Å². The highest BCUT2D eigenvalue weighted by Crippen LogP contribution is 2.57. The first kappa shape index (κ1) is 13.4. The third kappa shape index (κ3) is 2.54. The van der Waals surface area contributed by atoms with Crippen molar-refractivity contribution in [1.29, 1.82) is 0 Å². The second-order valence-electron chi connectivity index (χ2n) is 7.48. The van der Waals surface area contributed by atoms with Gasteiger partial charge in [0.05, 0.1) is 6.42 Å². The number of carboxylic acid groups (broad SMARTS) is 1. The number of fused-ring (bicyclic) bond motifs is 2. The minimum Gasteiger partial charge on any atom is -0.481 e. The fourth-order valence-electron chi connectivity index (χ4n) is 5.47. The summed E-state index contributed by atoms with van der Waals surface area (Å²) in [5, 5.41) is 9.15. The van der Waals surface area contributed by atoms with Crippen molar-refractivity contribution < 1.29 is 9.90 Å². The van der Waals surface area contributed by atoms with E-state index in [4.69, 9.17) is 10.8 Å². The van der Waals surface area contributed by atoms with E-state index in [2.05, 4.69) is 0 Å². The standard InChI is InChI=1S/C16H27NO2/c17-10-16(9-15(18)19)7-13-5-11-3-1-2-4-12(11)6-14(13)8-16/h11-14H,1-10,17H2,(H,18,19). The molecule has 3 saturated carbocycles. The SMILES string of the molecule is NCC1(CC(=O)O)CC2CC3CCCCC3CC2C1. The van der Waals surface area contributed by atoms with E-state index in [1.165, 1.54) is 38.5 Å². The van der Waals surface area contributed by atoms with Crippen molar-refractivity contribution in [2.75, 3.05) is 6.54 Å². The number of nitrogens with two attached hydrogens (primary N) is 1. The fourth-order valence-corrected chi connectivity index (χ4v) is 5.47. The van der Waals surface area contributed by atoms with Crippen molar-refractivity contribution in [1.82, 2.24) is 0 Å². The van der Waals surface area contributed by atoms with Crippen LogP contribution in [-0.4, -0.2) is 17.6 Å². The average molecular weight is 265 g/mol. The number of hydrogen-bond acceptors (Lipinski definition) is 2. The molecular formula is C16H27NO2. The van der Waals surface area contributed by atoms with Crippen LogP contribution < -0.4 is 5.73 Å². The molecule has 4 atom stereocenters. The smallest absolute Gasteiger partial charge is 0.303 e. The highest BCUT2D eigenvalue weighted by atomic mass is 16.4. The van der Waals surface area contributed by atoms with Crippen LogP contribution in [0, 0.1) is 29.1 Å². The Morgan fingerprint density at radius 1 is 1.05 bits per heavy atom. The molecule has 4 unspecified atom stereocenters. The molecule has 0 saturated heterocycles. The first-order valence-corrected chi connectivity index (χ1v) is 8.04. The van der Waals surface area contributed by atoms with Crippen LogP contribution in [0.5, 0.6) is 0 Å². The van der Waals surface area contributed by atoms with Gasteiger partial charge in [0.2, 0.25) is 0 Å². The zero-order valence-corrected chi connectivity index (χ0v) is 11.8. The van der Waals surface area contributed by atoms with E-state index >= 15 is 0 Å². The van der Waals surface area contributed by atoms with Crippen LogP contribution in [0.3, 0.4) is 0 Å². The normalized spacial score (nSPS) is 45.5. The van der Waals surface area contributed by atoms with E-state index in [-0.39, 0.29) is 11.8 Å². The lowest BCUT2D eigenvalue weighted by atomic mass is 9.64. The molecule has 3 fully saturated rings. The van der Waals surface area contributed by atoms with Crippen molar-refractivity contribution in [3.63, 3.8) is 0 Å². The topological polar surface area (TPSA) is 63.3 Å². The molecule has 0 aromatic rings. The monoisotopic (exact) mass is 265 g/mol. The van der Waals surface area contributed by atoms with Crippen molar-refractivity contribution in [3.8, 4) is 0 Å². The van der Waals surface area contributed by atoms with Gasteiger partial charge < -0.3 is 10.8 Å². The van der Waals surface area contributed by atoms with Gasteiger partial charge in [0.1, 0.15) is 0 Å². The van der Waals surface area contributed by atoms with Gasteiger partial charge in [-0.3, -0.25) is 4.79 Å². The lowest BCUT2D eigenvalue weighted by Gasteiger charge is -2.41. The van der Waals surface area contributed by atoms with E-state index in [0.717, 1.165) is 36.5 Å². The molecule has 0 aromatic carbocycles. The minimum atomic E-state index is -0.665. The van der Waals surface area contributed by atoms with E-state index in [1.807, 2.05) is 0 Å². The largest absolute Gasteiger partial charge is 0.481 e. The molecule has 0 radical (unpaired) electrons. The average Bonchev–Trinajstić information content (AvgIpc) is 2.72. The van der Waals surface area contributed by atoms with Crippen LogP contribution in [0.1, 0.15) is 57.8 Å². The molecule has 0 heterocycles. The lowest BCUT2D eigenvalue weighted by molar-refractivity contribution is -0.139. The maximum atomic E-state index is 11.1. The Labute approximate surface area is 115 Å². The number of rotatable bonds is 3. The molecule has 3 rings (SSSR count). The maximum Gasteiger partial charge on any atom is 0.303 e. The minimum absolute atomic E-state index is 0.0886. The molecule has 0 aliphatic heterocycles. The second kappa shape index (κ2) is 5.08. The summed E-state index contributed by atoms with van der Waals surface area (Å²) >= 11 is 0. The van der Waals surface area contributed by atoms with Gasteiger partial charge in [-0.25, -0.2) is 0 Å². The molecule has 0 bridgehead atoms. The summed E-state index contributed by atoms with van der Waals surface area (Å²) in [7, 11) is 0. The second-order valence-corrected chi connectivity index (χ2v) is 7.48. The molecule has 0 spiro atoms. The number of carbonyl (C=O) groups is 1. The van der Waals surface area contributed by atoms with Gasteiger partial charge in [-0.2, -0.15) is 0 Å². The Morgan fingerprint density at radius 2 is 1.58 bits per heavy atom. The molecule has 108 valence electrons. The molecule has 0 aromatic heterocycles. The van der Waals surface area contributed by atoms with Gasteiger partial charge >= 0.3 is 5.97 Å². The van der Waals surface area contributed by atoms with Gasteiger partial charge in [0.15, 0.2) is 0 Å². The molecule has 0 amide bonds. The summed E-state index contributed by atoms with van der Waals surface area (Å²) in [4.78, 5) is 11.1. The van der Waals surface area contributed by atoms with Gasteiger partial charge in [0.25, 0.3) is 0 Å². The highest BCUT2D eigenvalue weighted by Gasteiger charge is 2.49. The first-order chi connectivity index (χ1) is 9.12. The van der Waals surface area contributed by atoms with Gasteiger partial charge in [-0.05, 0) is 61.3 Å². The fraction of sp³-hybridized carbons (Fsp3) is 0.938. The van der Waals surface area contributed by atoms with Gasteiger partial charge in [0, 0.05) is 0 Å². The van der Waals surface area contributed by atoms with Crippen molar-refractivity contribution >= 4 is 5.97 Å². The predicted octanol–water partition coefficient (Wildman–Crippen LogP) is 3.03. The maximum absolute atomic E-state index is 11.1. The number of carboxylic acids is 1. The van der Waals surface area contributed by atoms with Crippen molar-refractivity contribution in [2.24, 2.45) is 34.8 Å². The summed E-state index contributed by atoms with van der Waals surface area (Å²) in [6.07, 6.45) is 10.8. The van der Waals surface area contributed by atoms with Crippen molar-refractivity contribution in [3.05, 3.63) is 0 Å². The third-order valence-corrected chi connectivity index (χ3v) is 6.29. The summed E-state index contributed by atoms with van der Waals surface area (Å²) < 4.78 is 0. The van der Waals surface area contributed by atoms with E-state index in [1.54, 1.807) is 0 Å². The Morgan fingerprint density at radius 3 is 2.00 bits per heavy atom. The van der Waals surface area contributed by atoms with Crippen molar-refractivity contribution in [2.45, 2.75) is 57.8 Å². The van der Waals surface area contributed by atoms with E-state index < -0.39 is 5.97 Å². The van der Waals surface area contributed by atoms with Crippen LogP contribution in [0.25, 0.3) is 0 Å². The van der Waals surface area contributed by atoms with Crippen LogP contribution >= 0.6 is 0 Å². The Bertz CT molecular complexity index is 333. The summed E-state index contributed by atoms with van der Waals surface area (Å²) in [5.74, 6) is 2.74. The Hall–Kier alpha value is -0.570. The molecule has 19 heavy (non-hydrogen) atoms. The van der Waals surface area contributed by atoms with E-state index in [9.17, 15) is 4.79 Å². The molecule has 3 heteroatoms. The molecule has 3 N–H and O–H groups in total. The number of hydrogen-bond donors (Lipinski definition) is 2. The zero-order chi connectivity index (χ0) is 13.5. The third-order valence-electron chi connectivity index (χ3n) is 6.29. The predicted molar refractivity (Wildman–Crippen MR) is 74.6 cm³/mol. The first-order valence-electron chi connectivity index (χ1n) is 8.04. The Kier molecular flexibility index (Phi) is 3.59. The highest BCUT2D eigenvalue weighted by molar-refractivity contribution is 5.67.